The van der Waals surface area contributed by atoms with Gasteiger partial charge in [0.2, 0.25) is 0 Å². The second-order valence-corrected chi connectivity index (χ2v) is 21.7. The van der Waals surface area contributed by atoms with E-state index < -0.39 is 0 Å². The lowest BCUT2D eigenvalue weighted by Crippen LogP contribution is -2.63. The Labute approximate surface area is 361 Å². The number of benzene rings is 7. The SMILES string of the molecule is Cc1cc2c(cc1N1c3cc4c(cc3B3c5c1cc1c(oc6ccccc61)c5-c1cccc5c1N3c1ccccc1C5(C)C)Sc1ccccc1S4)C(C)(C)CCC2(C)C. The smallest absolute Gasteiger partial charge is 0.333 e. The summed E-state index contributed by atoms with van der Waals surface area (Å²) in [7, 11) is 0. The van der Waals surface area contributed by atoms with E-state index in [1.807, 2.05) is 23.5 Å². The molecule has 0 saturated carbocycles. The van der Waals surface area contributed by atoms with Gasteiger partial charge in [-0.05, 0) is 118 Å². The minimum absolute atomic E-state index is 0.0598. The molecule has 292 valence electrons. The lowest BCUT2D eigenvalue weighted by atomic mass is 9.42. The number of fused-ring (bicyclic) bond motifs is 13. The standard InChI is InChI=1S/C54H45BN2OS2/c1-30-25-36-37(53(4,5)24-23-52(36,2)3)27-40(30)56-41-29-47-46(59-44-21-12-13-22-45(44)60-47)28-38(41)55-49-42(56)26-33-31-15-8-11-20-43(31)58-51(33)48(49)32-16-14-18-35-50(32)57(55)39-19-10-9-17-34(39)54(35,6)7/h8-22,25-29H,23-24H2,1-7H3. The molecule has 0 atom stereocenters. The predicted molar refractivity (Wildman–Crippen MR) is 254 cm³/mol. The fourth-order valence-electron chi connectivity index (χ4n) is 11.6. The van der Waals surface area contributed by atoms with Crippen molar-refractivity contribution in [3.05, 3.63) is 149 Å². The van der Waals surface area contributed by atoms with Crippen LogP contribution in [0.5, 0.6) is 0 Å². The molecule has 13 rings (SSSR count). The first-order valence-corrected chi connectivity index (χ1v) is 23.1. The maximum atomic E-state index is 7.09. The van der Waals surface area contributed by atoms with E-state index in [9.17, 15) is 0 Å². The van der Waals surface area contributed by atoms with Gasteiger partial charge in [-0.1, -0.05) is 138 Å². The highest BCUT2D eigenvalue weighted by Gasteiger charge is 2.52. The number of para-hydroxylation sites is 3. The van der Waals surface area contributed by atoms with E-state index in [2.05, 4.69) is 180 Å². The first-order valence-electron chi connectivity index (χ1n) is 21.5. The lowest BCUT2D eigenvalue weighted by Gasteiger charge is -2.51. The molecule has 0 fully saturated rings. The van der Waals surface area contributed by atoms with Crippen molar-refractivity contribution >= 4 is 91.7 Å². The van der Waals surface area contributed by atoms with Crippen LogP contribution in [0, 0.1) is 6.92 Å². The van der Waals surface area contributed by atoms with Crippen molar-refractivity contribution in [2.75, 3.05) is 9.71 Å². The summed E-state index contributed by atoms with van der Waals surface area (Å²) in [4.78, 5) is 10.7. The molecule has 7 aromatic carbocycles. The fourth-order valence-corrected chi connectivity index (χ4v) is 13.9. The molecule has 0 saturated heterocycles. The van der Waals surface area contributed by atoms with Gasteiger partial charge in [-0.3, -0.25) is 0 Å². The third-order valence-corrected chi connectivity index (χ3v) is 17.4. The maximum Gasteiger partial charge on any atom is 0.333 e. The van der Waals surface area contributed by atoms with Crippen molar-refractivity contribution in [1.82, 2.24) is 0 Å². The van der Waals surface area contributed by atoms with Gasteiger partial charge in [-0.15, -0.1) is 0 Å². The Balaban J connectivity index is 1.20. The summed E-state index contributed by atoms with van der Waals surface area (Å²) < 4.78 is 7.09. The van der Waals surface area contributed by atoms with E-state index in [0.29, 0.717) is 0 Å². The molecule has 6 heteroatoms. The number of aryl methyl sites for hydroxylation is 1. The summed E-state index contributed by atoms with van der Waals surface area (Å²) in [6, 6.07) is 46.4. The Morgan fingerprint density at radius 1 is 0.567 bits per heavy atom. The van der Waals surface area contributed by atoms with Crippen molar-refractivity contribution in [1.29, 1.82) is 0 Å². The van der Waals surface area contributed by atoms with Gasteiger partial charge in [0.15, 0.2) is 0 Å². The average Bonchev–Trinajstić information content (AvgIpc) is 3.62. The Kier molecular flexibility index (Phi) is 6.94. The summed E-state index contributed by atoms with van der Waals surface area (Å²) in [6.45, 7) is 16.9. The molecule has 0 radical (unpaired) electrons. The molecule has 5 heterocycles. The van der Waals surface area contributed by atoms with E-state index >= 15 is 0 Å². The molecular formula is C54H45BN2OS2. The molecule has 1 aliphatic carbocycles. The minimum atomic E-state index is -0.197. The average molecular weight is 813 g/mol. The highest BCUT2D eigenvalue weighted by molar-refractivity contribution is 8.05. The van der Waals surface area contributed by atoms with Gasteiger partial charge >= 0.3 is 6.85 Å². The van der Waals surface area contributed by atoms with Crippen molar-refractivity contribution in [2.24, 2.45) is 0 Å². The Bertz CT molecular complexity index is 3250. The van der Waals surface area contributed by atoms with E-state index in [4.69, 9.17) is 4.42 Å². The molecule has 0 bridgehead atoms. The van der Waals surface area contributed by atoms with Crippen molar-refractivity contribution < 1.29 is 4.42 Å². The zero-order valence-corrected chi connectivity index (χ0v) is 36.8. The van der Waals surface area contributed by atoms with E-state index in [0.717, 1.165) is 16.6 Å². The molecule has 60 heavy (non-hydrogen) atoms. The molecule has 0 amide bonds. The van der Waals surface area contributed by atoms with Gasteiger partial charge in [0.25, 0.3) is 0 Å². The van der Waals surface area contributed by atoms with Gasteiger partial charge in [-0.2, -0.15) is 0 Å². The maximum absolute atomic E-state index is 7.09. The van der Waals surface area contributed by atoms with Crippen LogP contribution in [-0.2, 0) is 16.2 Å². The second kappa shape index (κ2) is 11.7. The molecule has 4 aliphatic heterocycles. The van der Waals surface area contributed by atoms with E-state index in [1.165, 1.54) is 116 Å². The van der Waals surface area contributed by atoms with Gasteiger partial charge < -0.3 is 14.1 Å². The van der Waals surface area contributed by atoms with Crippen molar-refractivity contribution in [2.45, 2.75) is 97.1 Å². The zero-order chi connectivity index (χ0) is 40.6. The van der Waals surface area contributed by atoms with Crippen LogP contribution in [0.2, 0.25) is 0 Å². The number of rotatable bonds is 1. The van der Waals surface area contributed by atoms with Crippen LogP contribution in [0.4, 0.5) is 28.4 Å². The monoisotopic (exact) mass is 812 g/mol. The number of hydrogen-bond acceptors (Lipinski definition) is 5. The van der Waals surface area contributed by atoms with Crippen LogP contribution >= 0.6 is 23.5 Å². The molecule has 0 N–H and O–H groups in total. The zero-order valence-electron chi connectivity index (χ0n) is 35.2. The largest absolute Gasteiger partial charge is 0.455 e. The first-order chi connectivity index (χ1) is 28.9. The third kappa shape index (κ3) is 4.51. The molecular weight excluding hydrogens is 768 g/mol. The number of anilines is 5. The summed E-state index contributed by atoms with van der Waals surface area (Å²) in [6.07, 6.45) is 2.36. The van der Waals surface area contributed by atoms with Crippen molar-refractivity contribution in [3.63, 3.8) is 0 Å². The number of nitrogens with zero attached hydrogens (tertiary/aromatic N) is 2. The van der Waals surface area contributed by atoms with Gasteiger partial charge in [0.05, 0.1) is 0 Å². The van der Waals surface area contributed by atoms with Gasteiger partial charge in [-0.25, -0.2) is 0 Å². The normalized spacial score (nSPS) is 17.9. The number of hydrogen-bond donors (Lipinski definition) is 0. The Hall–Kier alpha value is -5.30. The highest BCUT2D eigenvalue weighted by atomic mass is 32.2. The molecule has 8 aromatic rings. The second-order valence-electron chi connectivity index (χ2n) is 19.6. The van der Waals surface area contributed by atoms with Crippen LogP contribution in [0.15, 0.2) is 145 Å². The first kappa shape index (κ1) is 35.5. The van der Waals surface area contributed by atoms with Crippen LogP contribution in [0.25, 0.3) is 33.1 Å². The third-order valence-electron chi connectivity index (χ3n) is 14.8. The van der Waals surface area contributed by atoms with Crippen LogP contribution in [0.3, 0.4) is 0 Å². The van der Waals surface area contributed by atoms with Crippen LogP contribution in [-0.4, -0.2) is 6.85 Å². The fraction of sp³-hybridized carbons (Fsp3) is 0.222. The Morgan fingerprint density at radius 3 is 2.02 bits per heavy atom. The molecule has 1 aromatic heterocycles. The molecule has 0 spiro atoms. The lowest BCUT2D eigenvalue weighted by molar-refractivity contribution is 0.332. The van der Waals surface area contributed by atoms with Gasteiger partial charge in [0.1, 0.15) is 11.2 Å². The van der Waals surface area contributed by atoms with Crippen molar-refractivity contribution in [3.8, 4) is 11.1 Å². The van der Waals surface area contributed by atoms with Crippen LogP contribution in [0.1, 0.15) is 82.2 Å². The Morgan fingerprint density at radius 2 is 1.23 bits per heavy atom. The predicted octanol–water partition coefficient (Wildman–Crippen LogP) is 14.2. The molecule has 0 unspecified atom stereocenters. The topological polar surface area (TPSA) is 19.6 Å². The quantitative estimate of drug-likeness (QED) is 0.153. The van der Waals surface area contributed by atoms with E-state index in [-0.39, 0.29) is 23.1 Å². The molecule has 5 aliphatic rings. The summed E-state index contributed by atoms with van der Waals surface area (Å²) in [5.74, 6) is 0. The summed E-state index contributed by atoms with van der Waals surface area (Å²) in [5.41, 5.74) is 20.4. The minimum Gasteiger partial charge on any atom is -0.455 e. The summed E-state index contributed by atoms with van der Waals surface area (Å²) >= 11 is 3.83. The van der Waals surface area contributed by atoms with Gasteiger partial charge in [0, 0.05) is 75.3 Å². The number of furan rings is 1. The molecule has 3 nitrogen and oxygen atoms in total. The summed E-state index contributed by atoms with van der Waals surface area (Å²) in [5, 5.41) is 2.33. The highest BCUT2D eigenvalue weighted by Crippen LogP contribution is 2.59. The van der Waals surface area contributed by atoms with Crippen LogP contribution < -0.4 is 20.6 Å². The van der Waals surface area contributed by atoms with E-state index in [1.54, 1.807) is 0 Å².